The first-order chi connectivity index (χ1) is 31.2. The molecule has 0 radical (unpaired) electrons. The average Bonchev–Trinajstić information content (AvgIpc) is 3.86. The van der Waals surface area contributed by atoms with Gasteiger partial charge in [-0.3, -0.25) is 0 Å². The van der Waals surface area contributed by atoms with Gasteiger partial charge in [0.1, 0.15) is 0 Å². The van der Waals surface area contributed by atoms with Gasteiger partial charge in [0.05, 0.1) is 39.1 Å². The van der Waals surface area contributed by atoms with Crippen molar-refractivity contribution >= 4 is 66.2 Å². The van der Waals surface area contributed by atoms with Crippen LogP contribution in [0.15, 0.2) is 224 Å². The van der Waals surface area contributed by atoms with Crippen molar-refractivity contribution in [3.05, 3.63) is 228 Å². The highest BCUT2D eigenvalue weighted by Gasteiger charge is 2.24. The SMILES string of the molecule is Ic1ccc2c(c1)c1cc(-n3c4ccccc4c4ccccc43)ccc1n2-c1c(-c2ccccc2)cc(-c2cc(-c3ccccc3)nc(-c3ccccc3)n2)cc1-c1ccccc1. The van der Waals surface area contributed by atoms with Crippen molar-refractivity contribution in [2.75, 3.05) is 0 Å². The summed E-state index contributed by atoms with van der Waals surface area (Å²) in [6.45, 7) is 0. The number of benzene rings is 9. The highest BCUT2D eigenvalue weighted by molar-refractivity contribution is 14.1. The summed E-state index contributed by atoms with van der Waals surface area (Å²) in [5.74, 6) is 0.689. The van der Waals surface area contributed by atoms with Gasteiger partial charge in [-0.05, 0) is 100 Å². The van der Waals surface area contributed by atoms with Crippen molar-refractivity contribution in [1.82, 2.24) is 19.1 Å². The maximum Gasteiger partial charge on any atom is 0.160 e. The molecule has 9 aromatic carbocycles. The Morgan fingerprint density at radius 2 is 0.762 bits per heavy atom. The van der Waals surface area contributed by atoms with E-state index in [0.29, 0.717) is 5.82 Å². The lowest BCUT2D eigenvalue weighted by Gasteiger charge is -2.21. The molecule has 0 bridgehead atoms. The third-order valence-electron chi connectivity index (χ3n) is 12.2. The second kappa shape index (κ2) is 15.4. The van der Waals surface area contributed by atoms with Gasteiger partial charge in [-0.15, -0.1) is 0 Å². The number of hydrogen-bond donors (Lipinski definition) is 0. The molecule has 0 saturated heterocycles. The van der Waals surface area contributed by atoms with Gasteiger partial charge >= 0.3 is 0 Å². The van der Waals surface area contributed by atoms with E-state index < -0.39 is 0 Å². The summed E-state index contributed by atoms with van der Waals surface area (Å²) in [4.78, 5) is 10.5. The van der Waals surface area contributed by atoms with Gasteiger partial charge < -0.3 is 9.13 Å². The zero-order valence-electron chi connectivity index (χ0n) is 34.0. The summed E-state index contributed by atoms with van der Waals surface area (Å²) < 4.78 is 6.10. The Balaban J connectivity index is 1.17. The molecule has 0 aliphatic carbocycles. The van der Waals surface area contributed by atoms with Crippen LogP contribution in [0, 0.1) is 3.57 Å². The lowest BCUT2D eigenvalue weighted by atomic mass is 9.91. The molecule has 12 aromatic rings. The van der Waals surface area contributed by atoms with Gasteiger partial charge in [0.25, 0.3) is 0 Å². The quantitative estimate of drug-likeness (QED) is 0.149. The number of rotatable bonds is 7. The lowest BCUT2D eigenvalue weighted by molar-refractivity contribution is 1.16. The van der Waals surface area contributed by atoms with Crippen LogP contribution in [0.3, 0.4) is 0 Å². The van der Waals surface area contributed by atoms with Gasteiger partial charge in [0.15, 0.2) is 5.82 Å². The molecule has 12 rings (SSSR count). The van der Waals surface area contributed by atoms with Gasteiger partial charge in [-0.2, -0.15) is 0 Å². The molecule has 0 N–H and O–H groups in total. The van der Waals surface area contributed by atoms with Crippen LogP contribution in [0.2, 0.25) is 0 Å². The Kier molecular flexibility index (Phi) is 9.08. The predicted octanol–water partition coefficient (Wildman–Crippen LogP) is 15.6. The first kappa shape index (κ1) is 37.2. The van der Waals surface area contributed by atoms with Crippen molar-refractivity contribution < 1.29 is 0 Å². The fourth-order valence-corrected chi connectivity index (χ4v) is 9.82. The van der Waals surface area contributed by atoms with Crippen LogP contribution in [0.4, 0.5) is 0 Å². The average molecular weight is 917 g/mol. The number of nitrogens with zero attached hydrogens (tertiary/aromatic N) is 4. The highest BCUT2D eigenvalue weighted by atomic mass is 127. The molecular weight excluding hydrogens is 880 g/mol. The van der Waals surface area contributed by atoms with E-state index in [4.69, 9.17) is 9.97 Å². The molecule has 296 valence electrons. The molecular formula is C58H37IN4. The molecule has 4 nitrogen and oxygen atoms in total. The van der Waals surface area contributed by atoms with Crippen molar-refractivity contribution in [2.24, 2.45) is 0 Å². The molecule has 0 unspecified atom stereocenters. The standard InChI is InChI=1S/C58H37IN4/c59-43-29-31-55-49(35-43)50-36-44(62-53-27-15-13-25-45(53)46-26-14-16-28-54(46)62)30-32-56(50)63(55)57-47(38-17-5-1-6-18-38)33-42(34-48(57)39-19-7-2-8-20-39)52-37-51(40-21-9-3-10-22-40)60-58(61-52)41-23-11-4-12-24-41/h1-37H. The Hall–Kier alpha value is -7.61. The number of halogens is 1. The van der Waals surface area contributed by atoms with Crippen molar-refractivity contribution in [1.29, 1.82) is 0 Å². The summed E-state index contributed by atoms with van der Waals surface area (Å²) in [6, 6.07) is 80.4. The number of para-hydroxylation sites is 2. The Morgan fingerprint density at radius 1 is 0.317 bits per heavy atom. The maximum absolute atomic E-state index is 5.33. The van der Waals surface area contributed by atoms with Crippen LogP contribution in [0.25, 0.3) is 111 Å². The lowest BCUT2D eigenvalue weighted by Crippen LogP contribution is -2.03. The van der Waals surface area contributed by atoms with E-state index in [0.717, 1.165) is 72.7 Å². The van der Waals surface area contributed by atoms with Crippen LogP contribution in [0.1, 0.15) is 0 Å². The summed E-state index contributed by atoms with van der Waals surface area (Å²) in [5.41, 5.74) is 16.1. The van der Waals surface area contributed by atoms with Gasteiger partial charge in [0.2, 0.25) is 0 Å². The maximum atomic E-state index is 5.33. The summed E-state index contributed by atoms with van der Waals surface area (Å²) in [5, 5.41) is 4.90. The van der Waals surface area contributed by atoms with Crippen LogP contribution >= 0.6 is 22.6 Å². The molecule has 5 heteroatoms. The van der Waals surface area contributed by atoms with Crippen LogP contribution < -0.4 is 0 Å². The fourth-order valence-electron chi connectivity index (χ4n) is 9.33. The van der Waals surface area contributed by atoms with Crippen molar-refractivity contribution in [3.63, 3.8) is 0 Å². The second-order valence-corrected chi connectivity index (χ2v) is 17.2. The van der Waals surface area contributed by atoms with Gasteiger partial charge in [0, 0.05) is 58.6 Å². The Bertz CT molecular complexity index is 3500. The van der Waals surface area contributed by atoms with E-state index in [1.807, 2.05) is 24.3 Å². The molecule has 0 atom stereocenters. The monoisotopic (exact) mass is 916 g/mol. The smallest absolute Gasteiger partial charge is 0.160 e. The molecule has 3 heterocycles. The van der Waals surface area contributed by atoms with E-state index in [2.05, 4.69) is 232 Å². The third kappa shape index (κ3) is 6.43. The normalized spacial score (nSPS) is 11.6. The summed E-state index contributed by atoms with van der Waals surface area (Å²) in [7, 11) is 0. The van der Waals surface area contributed by atoms with Gasteiger partial charge in [-0.1, -0.05) is 158 Å². The zero-order valence-corrected chi connectivity index (χ0v) is 36.2. The highest BCUT2D eigenvalue weighted by Crippen LogP contribution is 2.45. The number of aromatic nitrogens is 4. The van der Waals surface area contributed by atoms with E-state index >= 15 is 0 Å². The summed E-state index contributed by atoms with van der Waals surface area (Å²) in [6.07, 6.45) is 0. The van der Waals surface area contributed by atoms with Gasteiger partial charge in [-0.25, -0.2) is 9.97 Å². The molecule has 3 aromatic heterocycles. The van der Waals surface area contributed by atoms with E-state index in [1.54, 1.807) is 0 Å². The summed E-state index contributed by atoms with van der Waals surface area (Å²) >= 11 is 2.46. The molecule has 0 fully saturated rings. The third-order valence-corrected chi connectivity index (χ3v) is 12.8. The minimum absolute atomic E-state index is 0.689. The zero-order chi connectivity index (χ0) is 41.9. The minimum Gasteiger partial charge on any atom is -0.309 e. The Labute approximate surface area is 378 Å². The van der Waals surface area contributed by atoms with Crippen LogP contribution in [-0.4, -0.2) is 19.1 Å². The van der Waals surface area contributed by atoms with Crippen LogP contribution in [0.5, 0.6) is 0 Å². The molecule has 0 aliphatic rings. The largest absolute Gasteiger partial charge is 0.309 e. The molecule has 0 saturated carbocycles. The second-order valence-electron chi connectivity index (χ2n) is 15.9. The van der Waals surface area contributed by atoms with Crippen LogP contribution in [-0.2, 0) is 0 Å². The molecule has 0 spiro atoms. The predicted molar refractivity (Wildman–Crippen MR) is 271 cm³/mol. The number of fused-ring (bicyclic) bond motifs is 6. The van der Waals surface area contributed by atoms with E-state index in [1.165, 1.54) is 36.1 Å². The topological polar surface area (TPSA) is 35.6 Å². The minimum atomic E-state index is 0.689. The van der Waals surface area contributed by atoms with E-state index in [-0.39, 0.29) is 0 Å². The van der Waals surface area contributed by atoms with E-state index in [9.17, 15) is 0 Å². The first-order valence-corrected chi connectivity index (χ1v) is 22.3. The molecule has 0 amide bonds. The Morgan fingerprint density at radius 3 is 1.33 bits per heavy atom. The van der Waals surface area contributed by atoms with Crippen molar-refractivity contribution in [2.45, 2.75) is 0 Å². The molecule has 63 heavy (non-hydrogen) atoms. The molecule has 0 aliphatic heterocycles. The van der Waals surface area contributed by atoms with Crippen molar-refractivity contribution in [3.8, 4) is 67.5 Å². The number of hydrogen-bond acceptors (Lipinski definition) is 2. The first-order valence-electron chi connectivity index (χ1n) is 21.2. The fraction of sp³-hybridized carbons (Fsp3) is 0.